The van der Waals surface area contributed by atoms with E-state index in [-0.39, 0.29) is 6.10 Å². The molecule has 1 aromatic rings. The van der Waals surface area contributed by atoms with Crippen LogP contribution >= 0.6 is 0 Å². The minimum Gasteiger partial charge on any atom is -0.410 e. The number of carbonyl (C=O) groups is 1. The normalized spacial score (nSPS) is 13.4. The maximum atomic E-state index is 11.9. The molecule has 1 aromatic carbocycles. The zero-order chi connectivity index (χ0) is 16.2. The first-order valence-corrected chi connectivity index (χ1v) is 7.80. The fraction of sp³-hybridized carbons (Fsp3) is 0.588. The second-order valence-electron chi connectivity index (χ2n) is 5.13. The van der Waals surface area contributed by atoms with Gasteiger partial charge in [-0.1, -0.05) is 50.8 Å². The first-order chi connectivity index (χ1) is 10.7. The lowest BCUT2D eigenvalue weighted by Gasteiger charge is -2.25. The number of ether oxygens (including phenoxy) is 3. The van der Waals surface area contributed by atoms with Crippen LogP contribution in [0.2, 0.25) is 0 Å². The Kier molecular flexibility index (Phi) is 9.26. The fourth-order valence-electron chi connectivity index (χ4n) is 2.21. The monoisotopic (exact) mass is 309 g/mol. The standard InChI is InChI=1S/C17H27NO4/c1-4-5-6-10-13-15(20-2)16(21-3)18-17(19)22-14-11-8-7-9-12-14/h7-9,11-12,15-16H,4-6,10,13H2,1-3H3,(H,18,19)/t15-,16-/m0/s1. The van der Waals surface area contributed by atoms with Gasteiger partial charge in [-0.25, -0.2) is 4.79 Å². The molecule has 0 radical (unpaired) electrons. The average molecular weight is 309 g/mol. The molecule has 1 rings (SSSR count). The summed E-state index contributed by atoms with van der Waals surface area (Å²) < 4.78 is 16.0. The van der Waals surface area contributed by atoms with Gasteiger partial charge in [0.1, 0.15) is 11.9 Å². The van der Waals surface area contributed by atoms with Gasteiger partial charge in [-0.05, 0) is 18.6 Å². The molecule has 0 spiro atoms. The van der Waals surface area contributed by atoms with E-state index in [9.17, 15) is 4.79 Å². The Morgan fingerprint density at radius 2 is 1.82 bits per heavy atom. The summed E-state index contributed by atoms with van der Waals surface area (Å²) in [6, 6.07) is 8.92. The summed E-state index contributed by atoms with van der Waals surface area (Å²) in [5.74, 6) is 0.492. The largest absolute Gasteiger partial charge is 0.414 e. The van der Waals surface area contributed by atoms with Crippen LogP contribution in [0, 0.1) is 0 Å². The number of amides is 1. The molecular formula is C17H27NO4. The Morgan fingerprint density at radius 3 is 2.41 bits per heavy atom. The molecule has 0 saturated carbocycles. The molecule has 0 aliphatic carbocycles. The van der Waals surface area contributed by atoms with Crippen molar-refractivity contribution in [1.82, 2.24) is 5.32 Å². The zero-order valence-electron chi connectivity index (χ0n) is 13.7. The molecule has 5 nitrogen and oxygen atoms in total. The second kappa shape index (κ2) is 11.0. The van der Waals surface area contributed by atoms with E-state index in [2.05, 4.69) is 12.2 Å². The van der Waals surface area contributed by atoms with E-state index in [1.165, 1.54) is 12.8 Å². The molecule has 0 unspecified atom stereocenters. The van der Waals surface area contributed by atoms with Crippen molar-refractivity contribution >= 4 is 6.09 Å². The quantitative estimate of drug-likeness (QED) is 0.528. The number of benzene rings is 1. The highest BCUT2D eigenvalue weighted by molar-refractivity contribution is 5.70. The molecule has 0 aliphatic heterocycles. The van der Waals surface area contributed by atoms with Crippen molar-refractivity contribution in [3.63, 3.8) is 0 Å². The van der Waals surface area contributed by atoms with E-state index < -0.39 is 12.3 Å². The third-order valence-electron chi connectivity index (χ3n) is 3.45. The number of unbranched alkanes of at least 4 members (excludes halogenated alkanes) is 3. The summed E-state index contributed by atoms with van der Waals surface area (Å²) in [6.45, 7) is 2.17. The van der Waals surface area contributed by atoms with Crippen LogP contribution in [0.5, 0.6) is 5.75 Å². The van der Waals surface area contributed by atoms with E-state index in [0.717, 1.165) is 19.3 Å². The number of rotatable bonds is 10. The van der Waals surface area contributed by atoms with Crippen molar-refractivity contribution in [2.45, 2.75) is 51.4 Å². The molecule has 0 bridgehead atoms. The minimum absolute atomic E-state index is 0.190. The molecule has 1 N–H and O–H groups in total. The maximum Gasteiger partial charge on any atom is 0.414 e. The molecular weight excluding hydrogens is 282 g/mol. The second-order valence-corrected chi connectivity index (χ2v) is 5.13. The molecule has 2 atom stereocenters. The molecule has 5 heteroatoms. The number of carbonyl (C=O) groups excluding carboxylic acids is 1. The molecule has 0 fully saturated rings. The number of nitrogens with one attached hydrogen (secondary N) is 1. The predicted octanol–water partition coefficient (Wildman–Crippen LogP) is 3.73. The average Bonchev–Trinajstić information content (AvgIpc) is 2.54. The Morgan fingerprint density at radius 1 is 1.09 bits per heavy atom. The molecule has 0 aromatic heterocycles. The topological polar surface area (TPSA) is 56.8 Å². The summed E-state index contributed by atoms with van der Waals surface area (Å²) in [6.07, 6.45) is 4.16. The van der Waals surface area contributed by atoms with Crippen LogP contribution in [0.15, 0.2) is 30.3 Å². The maximum absolute atomic E-state index is 11.9. The Labute approximate surface area is 132 Å². The lowest BCUT2D eigenvalue weighted by molar-refractivity contribution is -0.0530. The third-order valence-corrected chi connectivity index (χ3v) is 3.45. The van der Waals surface area contributed by atoms with Crippen molar-refractivity contribution in [3.05, 3.63) is 30.3 Å². The molecule has 22 heavy (non-hydrogen) atoms. The van der Waals surface area contributed by atoms with Crippen LogP contribution in [0.4, 0.5) is 4.79 Å². The van der Waals surface area contributed by atoms with Crippen molar-refractivity contribution in [2.24, 2.45) is 0 Å². The van der Waals surface area contributed by atoms with E-state index >= 15 is 0 Å². The van der Waals surface area contributed by atoms with Gasteiger partial charge in [0.15, 0.2) is 6.23 Å². The highest BCUT2D eigenvalue weighted by atomic mass is 16.6. The Balaban J connectivity index is 2.45. The van der Waals surface area contributed by atoms with Gasteiger partial charge in [0.2, 0.25) is 0 Å². The lowest BCUT2D eigenvalue weighted by atomic mass is 10.1. The van der Waals surface area contributed by atoms with Crippen LogP contribution in [0.3, 0.4) is 0 Å². The first-order valence-electron chi connectivity index (χ1n) is 7.80. The highest BCUT2D eigenvalue weighted by Gasteiger charge is 2.23. The molecule has 0 heterocycles. The van der Waals surface area contributed by atoms with E-state index in [1.54, 1.807) is 26.4 Å². The van der Waals surface area contributed by atoms with Gasteiger partial charge in [0.25, 0.3) is 0 Å². The van der Waals surface area contributed by atoms with Gasteiger partial charge in [-0.2, -0.15) is 0 Å². The third kappa shape index (κ3) is 6.91. The number of methoxy groups -OCH3 is 2. The molecule has 0 aliphatic rings. The summed E-state index contributed by atoms with van der Waals surface area (Å²) in [5.41, 5.74) is 0. The number of hydrogen-bond acceptors (Lipinski definition) is 4. The Bertz CT molecular complexity index is 410. The minimum atomic E-state index is -0.548. The van der Waals surface area contributed by atoms with Gasteiger partial charge in [0, 0.05) is 14.2 Å². The van der Waals surface area contributed by atoms with Gasteiger partial charge in [-0.15, -0.1) is 0 Å². The van der Waals surface area contributed by atoms with Crippen LogP contribution in [-0.2, 0) is 9.47 Å². The van der Waals surface area contributed by atoms with Crippen LogP contribution in [0.1, 0.15) is 39.0 Å². The van der Waals surface area contributed by atoms with Crippen molar-refractivity contribution in [3.8, 4) is 5.75 Å². The molecule has 1 amide bonds. The first kappa shape index (κ1) is 18.5. The fourth-order valence-corrected chi connectivity index (χ4v) is 2.21. The summed E-state index contributed by atoms with van der Waals surface area (Å²) in [7, 11) is 3.17. The smallest absolute Gasteiger partial charge is 0.410 e. The van der Waals surface area contributed by atoms with Gasteiger partial charge in [0.05, 0.1) is 0 Å². The predicted molar refractivity (Wildman–Crippen MR) is 86.0 cm³/mol. The van der Waals surface area contributed by atoms with Crippen molar-refractivity contribution in [2.75, 3.05) is 14.2 Å². The number of hydrogen-bond donors (Lipinski definition) is 1. The Hall–Kier alpha value is -1.59. The van der Waals surface area contributed by atoms with Crippen molar-refractivity contribution < 1.29 is 19.0 Å². The van der Waals surface area contributed by atoms with E-state index in [0.29, 0.717) is 5.75 Å². The van der Waals surface area contributed by atoms with Crippen molar-refractivity contribution in [1.29, 1.82) is 0 Å². The molecule has 0 saturated heterocycles. The summed E-state index contributed by atoms with van der Waals surface area (Å²) >= 11 is 0. The van der Waals surface area contributed by atoms with E-state index in [1.807, 2.05) is 18.2 Å². The van der Waals surface area contributed by atoms with Crippen LogP contribution in [0.25, 0.3) is 0 Å². The highest BCUT2D eigenvalue weighted by Crippen LogP contribution is 2.13. The SMILES string of the molecule is CCCCCC[C@H](OC)[C@@H](NC(=O)Oc1ccccc1)OC. The van der Waals surface area contributed by atoms with E-state index in [4.69, 9.17) is 14.2 Å². The summed E-state index contributed by atoms with van der Waals surface area (Å²) in [4.78, 5) is 11.9. The lowest BCUT2D eigenvalue weighted by Crippen LogP contribution is -2.46. The zero-order valence-corrected chi connectivity index (χ0v) is 13.7. The van der Waals surface area contributed by atoms with Gasteiger partial charge in [-0.3, -0.25) is 5.32 Å². The van der Waals surface area contributed by atoms with Gasteiger partial charge >= 0.3 is 6.09 Å². The number of para-hydroxylation sites is 1. The summed E-state index contributed by atoms with van der Waals surface area (Å²) in [5, 5.41) is 2.70. The molecule has 124 valence electrons. The van der Waals surface area contributed by atoms with Crippen LogP contribution in [-0.4, -0.2) is 32.6 Å². The van der Waals surface area contributed by atoms with Crippen LogP contribution < -0.4 is 10.1 Å². The van der Waals surface area contributed by atoms with Gasteiger partial charge < -0.3 is 14.2 Å².